The first kappa shape index (κ1) is 44.2. The molecule has 268 valence electrons. The van der Waals surface area contributed by atoms with Gasteiger partial charge in [0.1, 0.15) is 6.10 Å². The molecule has 0 saturated carbocycles. The fraction of sp³-hybridized carbons (Fsp3) is 0.917. The van der Waals surface area contributed by atoms with Crippen LogP contribution in [0.25, 0.3) is 0 Å². The standard InChI is InChI=1S/C36H72NO7P/c1-3-5-7-9-11-13-15-17-18-19-21-23-25-27-29-36(38)44-35(34-43-45(39,40)42-32-30-37)33-41-31-28-26-24-22-20-16-14-12-10-8-6-4-2/h10,12,35H,3-9,11,13-34,37H2,1-2H3,(H,39,40)/b12-10-. The van der Waals surface area contributed by atoms with E-state index in [0.717, 1.165) is 32.1 Å². The van der Waals surface area contributed by atoms with Gasteiger partial charge in [0.25, 0.3) is 0 Å². The van der Waals surface area contributed by atoms with Crippen LogP contribution in [0.5, 0.6) is 0 Å². The van der Waals surface area contributed by atoms with E-state index in [1.807, 2.05) is 0 Å². The van der Waals surface area contributed by atoms with Crippen LogP contribution < -0.4 is 5.73 Å². The zero-order valence-electron chi connectivity index (χ0n) is 29.4. The summed E-state index contributed by atoms with van der Waals surface area (Å²) in [7, 11) is -4.26. The predicted octanol–water partition coefficient (Wildman–Crippen LogP) is 10.4. The summed E-state index contributed by atoms with van der Waals surface area (Å²) in [6, 6.07) is 0. The fourth-order valence-electron chi connectivity index (χ4n) is 5.15. The van der Waals surface area contributed by atoms with Crippen LogP contribution in [0.15, 0.2) is 12.2 Å². The molecule has 0 amide bonds. The molecule has 0 aliphatic rings. The zero-order chi connectivity index (χ0) is 33.1. The number of allylic oxidation sites excluding steroid dienone is 2. The molecule has 2 unspecified atom stereocenters. The van der Waals surface area contributed by atoms with Gasteiger partial charge in [-0.1, -0.05) is 148 Å². The smallest absolute Gasteiger partial charge is 0.457 e. The van der Waals surface area contributed by atoms with Gasteiger partial charge in [0.05, 0.1) is 19.8 Å². The first-order chi connectivity index (χ1) is 21.9. The minimum absolute atomic E-state index is 0.0937. The number of hydrogen-bond donors (Lipinski definition) is 2. The Bertz CT molecular complexity index is 707. The molecule has 0 aliphatic heterocycles. The van der Waals surface area contributed by atoms with Gasteiger partial charge in [-0.2, -0.15) is 0 Å². The molecule has 45 heavy (non-hydrogen) atoms. The van der Waals surface area contributed by atoms with Crippen molar-refractivity contribution in [3.63, 3.8) is 0 Å². The molecule has 0 aromatic rings. The van der Waals surface area contributed by atoms with E-state index in [4.69, 9.17) is 24.3 Å². The summed E-state index contributed by atoms with van der Waals surface area (Å²) in [5.74, 6) is -0.331. The largest absolute Gasteiger partial charge is 0.472 e. The summed E-state index contributed by atoms with van der Waals surface area (Å²) in [5, 5.41) is 0. The van der Waals surface area contributed by atoms with Crippen molar-refractivity contribution in [1.82, 2.24) is 0 Å². The number of carbonyl (C=O) groups excluding carboxylic acids is 1. The summed E-state index contributed by atoms with van der Waals surface area (Å²) in [6.07, 6.45) is 33.6. The number of ether oxygens (including phenoxy) is 2. The number of phosphoric acid groups is 1. The highest BCUT2D eigenvalue weighted by molar-refractivity contribution is 7.47. The highest BCUT2D eigenvalue weighted by Crippen LogP contribution is 2.43. The van der Waals surface area contributed by atoms with Gasteiger partial charge in [-0.25, -0.2) is 4.57 Å². The third kappa shape index (κ3) is 34.4. The maximum atomic E-state index is 12.5. The van der Waals surface area contributed by atoms with E-state index >= 15 is 0 Å². The van der Waals surface area contributed by atoms with Gasteiger partial charge in [-0.05, 0) is 32.1 Å². The second-order valence-corrected chi connectivity index (χ2v) is 13.9. The Morgan fingerprint density at radius 3 is 1.69 bits per heavy atom. The number of phosphoric ester groups is 1. The fourth-order valence-corrected chi connectivity index (χ4v) is 5.92. The van der Waals surface area contributed by atoms with Gasteiger partial charge in [-0.3, -0.25) is 13.8 Å². The van der Waals surface area contributed by atoms with Crippen LogP contribution in [0.4, 0.5) is 0 Å². The van der Waals surface area contributed by atoms with E-state index in [-0.39, 0.29) is 32.3 Å². The molecule has 0 aromatic carbocycles. The maximum absolute atomic E-state index is 12.5. The Kier molecular flexibility index (Phi) is 34.0. The summed E-state index contributed by atoms with van der Waals surface area (Å²) >= 11 is 0. The van der Waals surface area contributed by atoms with Crippen LogP contribution in [-0.2, 0) is 27.9 Å². The molecule has 0 heterocycles. The van der Waals surface area contributed by atoms with E-state index in [9.17, 15) is 14.3 Å². The van der Waals surface area contributed by atoms with Crippen molar-refractivity contribution in [1.29, 1.82) is 0 Å². The van der Waals surface area contributed by atoms with Crippen molar-refractivity contribution in [3.8, 4) is 0 Å². The SMILES string of the molecule is CCCC/C=C\CCCCCCCCOCC(COP(=O)(O)OCCN)OC(=O)CCCCCCCCCCCCCCCC. The number of esters is 1. The number of nitrogens with two attached hydrogens (primary N) is 1. The number of hydrogen-bond acceptors (Lipinski definition) is 7. The molecule has 0 bridgehead atoms. The van der Waals surface area contributed by atoms with Crippen LogP contribution in [0.2, 0.25) is 0 Å². The quantitative estimate of drug-likeness (QED) is 0.0295. The summed E-state index contributed by atoms with van der Waals surface area (Å²) in [4.78, 5) is 22.3. The minimum Gasteiger partial charge on any atom is -0.457 e. The van der Waals surface area contributed by atoms with Crippen LogP contribution >= 0.6 is 7.82 Å². The molecule has 0 rings (SSSR count). The Balaban J connectivity index is 4.08. The van der Waals surface area contributed by atoms with Crippen molar-refractivity contribution in [2.24, 2.45) is 5.73 Å². The summed E-state index contributed by atoms with van der Waals surface area (Å²) in [5.41, 5.74) is 5.35. The zero-order valence-corrected chi connectivity index (χ0v) is 30.3. The lowest BCUT2D eigenvalue weighted by Crippen LogP contribution is -2.28. The second kappa shape index (κ2) is 34.6. The number of unbranched alkanes of at least 4 members (excludes halogenated alkanes) is 21. The third-order valence-corrected chi connectivity index (χ3v) is 8.92. The van der Waals surface area contributed by atoms with Crippen LogP contribution in [-0.4, -0.2) is 49.9 Å². The molecule has 8 nitrogen and oxygen atoms in total. The molecule has 0 spiro atoms. The monoisotopic (exact) mass is 662 g/mol. The van der Waals surface area contributed by atoms with Crippen molar-refractivity contribution in [2.75, 3.05) is 33.0 Å². The van der Waals surface area contributed by atoms with Crippen LogP contribution in [0.1, 0.15) is 174 Å². The predicted molar refractivity (Wildman–Crippen MR) is 187 cm³/mol. The average molecular weight is 662 g/mol. The van der Waals surface area contributed by atoms with Crippen LogP contribution in [0, 0.1) is 0 Å². The van der Waals surface area contributed by atoms with Crippen molar-refractivity contribution in [2.45, 2.75) is 180 Å². The second-order valence-electron chi connectivity index (χ2n) is 12.4. The lowest BCUT2D eigenvalue weighted by atomic mass is 10.0. The van der Waals surface area contributed by atoms with Gasteiger partial charge in [0.15, 0.2) is 0 Å². The average Bonchev–Trinajstić information content (AvgIpc) is 3.02. The van der Waals surface area contributed by atoms with Crippen LogP contribution in [0.3, 0.4) is 0 Å². The molecule has 0 fully saturated rings. The van der Waals surface area contributed by atoms with E-state index < -0.39 is 13.9 Å². The Morgan fingerprint density at radius 1 is 0.644 bits per heavy atom. The van der Waals surface area contributed by atoms with E-state index in [1.54, 1.807) is 0 Å². The molecule has 9 heteroatoms. The topological polar surface area (TPSA) is 117 Å². The minimum atomic E-state index is -4.26. The lowest BCUT2D eigenvalue weighted by molar-refractivity contribution is -0.154. The highest BCUT2D eigenvalue weighted by Gasteiger charge is 2.25. The first-order valence-electron chi connectivity index (χ1n) is 18.7. The third-order valence-electron chi connectivity index (χ3n) is 7.93. The van der Waals surface area contributed by atoms with E-state index in [1.165, 1.54) is 122 Å². The molecular formula is C36H72NO7P. The first-order valence-corrected chi connectivity index (χ1v) is 20.2. The Morgan fingerprint density at radius 2 is 1.13 bits per heavy atom. The van der Waals surface area contributed by atoms with Gasteiger partial charge in [0.2, 0.25) is 0 Å². The van der Waals surface area contributed by atoms with Crippen molar-refractivity contribution in [3.05, 3.63) is 12.2 Å². The van der Waals surface area contributed by atoms with E-state index in [2.05, 4.69) is 26.0 Å². The van der Waals surface area contributed by atoms with Gasteiger partial charge in [0, 0.05) is 19.6 Å². The lowest BCUT2D eigenvalue weighted by Gasteiger charge is -2.20. The molecule has 2 atom stereocenters. The van der Waals surface area contributed by atoms with Gasteiger partial charge >= 0.3 is 13.8 Å². The molecule has 0 radical (unpaired) electrons. The van der Waals surface area contributed by atoms with Crippen molar-refractivity contribution < 1.29 is 32.8 Å². The number of rotatable bonds is 36. The summed E-state index contributed by atoms with van der Waals surface area (Å²) in [6.45, 7) is 4.89. The van der Waals surface area contributed by atoms with Gasteiger partial charge in [-0.15, -0.1) is 0 Å². The molecular weight excluding hydrogens is 589 g/mol. The maximum Gasteiger partial charge on any atom is 0.472 e. The normalized spacial score (nSPS) is 13.8. The Labute approximate surface area is 277 Å². The molecule has 0 saturated heterocycles. The van der Waals surface area contributed by atoms with E-state index in [0.29, 0.717) is 13.0 Å². The summed E-state index contributed by atoms with van der Waals surface area (Å²) < 4.78 is 33.2. The number of carbonyl (C=O) groups is 1. The molecule has 3 N–H and O–H groups in total. The molecule has 0 aromatic heterocycles. The van der Waals surface area contributed by atoms with Crippen molar-refractivity contribution >= 4 is 13.8 Å². The Hall–Kier alpha value is -0.760. The van der Waals surface area contributed by atoms with Gasteiger partial charge < -0.3 is 20.1 Å². The highest BCUT2D eigenvalue weighted by atomic mass is 31.2. The molecule has 0 aliphatic carbocycles.